The molecule has 0 aliphatic heterocycles. The molecule has 0 heterocycles. The number of rotatable bonds is 2. The lowest BCUT2D eigenvalue weighted by atomic mass is 10.7. The van der Waals surface area contributed by atoms with Gasteiger partial charge in [-0.25, -0.2) is 4.79 Å². The van der Waals surface area contributed by atoms with Crippen molar-refractivity contribution in [2.75, 3.05) is 0 Å². The van der Waals surface area contributed by atoms with E-state index in [1.807, 2.05) is 0 Å². The third-order valence-electron chi connectivity index (χ3n) is 0.385. The Labute approximate surface area is 64.4 Å². The second-order valence-electron chi connectivity index (χ2n) is 1.22. The fourth-order valence-electron chi connectivity index (χ4n) is 0. The van der Waals surface area contributed by atoms with Crippen LogP contribution in [0.3, 0.4) is 0 Å². The Hall–Kier alpha value is -1.14. The highest BCUT2D eigenvalue weighted by molar-refractivity contribution is 7.88. The maximum Gasteiger partial charge on any atom is 0.327 e. The second-order valence-corrected chi connectivity index (χ2v) is 2.59. The van der Waals surface area contributed by atoms with Crippen molar-refractivity contribution in [2.24, 2.45) is 0 Å². The van der Waals surface area contributed by atoms with Gasteiger partial charge >= 0.3 is 5.97 Å². The van der Waals surface area contributed by atoms with E-state index >= 15 is 0 Å². The Morgan fingerprint density at radius 3 is 1.55 bits per heavy atom. The van der Waals surface area contributed by atoms with Crippen molar-refractivity contribution in [3.05, 3.63) is 24.6 Å². The van der Waals surface area contributed by atoms with E-state index in [2.05, 4.69) is 13.2 Å². The molecule has 64 valence electrons. The molecule has 0 bridgehead atoms. The van der Waals surface area contributed by atoms with E-state index in [1.54, 1.807) is 0 Å². The van der Waals surface area contributed by atoms with Gasteiger partial charge in [-0.3, -0.25) is 4.55 Å². The predicted octanol–water partition coefficient (Wildman–Crippen LogP) is 0.275. The Morgan fingerprint density at radius 2 is 1.55 bits per heavy atom. The van der Waals surface area contributed by atoms with Crippen molar-refractivity contribution in [3.8, 4) is 0 Å². The van der Waals surface area contributed by atoms with Gasteiger partial charge in [-0.05, 0) is 0 Å². The van der Waals surface area contributed by atoms with E-state index in [0.717, 1.165) is 6.08 Å². The van der Waals surface area contributed by atoms with E-state index in [4.69, 9.17) is 9.66 Å². The molecule has 0 atom stereocenters. The minimum Gasteiger partial charge on any atom is -0.478 e. The van der Waals surface area contributed by atoms with E-state index < -0.39 is 16.1 Å². The minimum atomic E-state index is -3.90. The van der Waals surface area contributed by atoms with Crippen LogP contribution in [-0.2, 0) is 14.9 Å². The highest BCUT2D eigenvalue weighted by Crippen LogP contribution is 1.75. The van der Waals surface area contributed by atoms with Gasteiger partial charge < -0.3 is 5.11 Å². The summed E-state index contributed by atoms with van der Waals surface area (Å²) in [7, 11) is -3.90. The van der Waals surface area contributed by atoms with E-state index in [1.165, 1.54) is 0 Å². The van der Waals surface area contributed by atoms with Crippen LogP contribution in [0.1, 0.15) is 0 Å². The van der Waals surface area contributed by atoms with E-state index in [0.29, 0.717) is 5.41 Å². The van der Waals surface area contributed by atoms with Crippen LogP contribution in [0.5, 0.6) is 0 Å². The molecule has 11 heavy (non-hydrogen) atoms. The van der Waals surface area contributed by atoms with Crippen molar-refractivity contribution in [3.63, 3.8) is 0 Å². The highest BCUT2D eigenvalue weighted by Gasteiger charge is 1.87. The lowest BCUT2D eigenvalue weighted by molar-refractivity contribution is -0.131. The van der Waals surface area contributed by atoms with Gasteiger partial charge in [-0.1, -0.05) is 13.2 Å². The smallest absolute Gasteiger partial charge is 0.327 e. The minimum absolute atomic E-state index is 0.465. The van der Waals surface area contributed by atoms with Crippen LogP contribution in [0.2, 0.25) is 0 Å². The molecule has 0 aliphatic carbocycles. The maximum atomic E-state index is 9.44. The Morgan fingerprint density at radius 1 is 1.36 bits per heavy atom. The van der Waals surface area contributed by atoms with Crippen molar-refractivity contribution < 1.29 is 22.9 Å². The number of carboxylic acids is 1. The van der Waals surface area contributed by atoms with Gasteiger partial charge in [0, 0.05) is 6.08 Å². The molecule has 0 aromatic carbocycles. The number of hydrogen-bond donors (Lipinski definition) is 2. The summed E-state index contributed by atoms with van der Waals surface area (Å²) in [6, 6.07) is 0. The number of carbonyl (C=O) groups is 1. The van der Waals surface area contributed by atoms with Crippen molar-refractivity contribution in [1.82, 2.24) is 0 Å². The van der Waals surface area contributed by atoms with E-state index in [-0.39, 0.29) is 0 Å². The van der Waals surface area contributed by atoms with Crippen molar-refractivity contribution >= 4 is 16.1 Å². The molecule has 0 saturated heterocycles. The van der Waals surface area contributed by atoms with Crippen LogP contribution >= 0.6 is 0 Å². The first-order valence-corrected chi connectivity index (χ1v) is 3.79. The van der Waals surface area contributed by atoms with Crippen LogP contribution in [0.25, 0.3) is 0 Å². The summed E-state index contributed by atoms with van der Waals surface area (Å²) in [5.74, 6) is -0.981. The average molecular weight is 180 g/mol. The molecule has 0 spiro atoms. The second kappa shape index (κ2) is 5.63. The molecule has 0 aromatic rings. The zero-order valence-corrected chi connectivity index (χ0v) is 6.41. The standard InChI is InChI=1S/C3H4O2.C2H4O3S/c1-2-3(4)5;1-2-6(3,4)5/h2H,1H2,(H,4,5);2H,1H2,(H,3,4,5). The molecule has 0 radical (unpaired) electrons. The molecule has 0 saturated carbocycles. The summed E-state index contributed by atoms with van der Waals surface area (Å²) < 4.78 is 26.6. The third kappa shape index (κ3) is 28.0. The van der Waals surface area contributed by atoms with Gasteiger partial charge in [-0.2, -0.15) is 8.42 Å². The molecule has 0 fully saturated rings. The number of aliphatic carboxylic acids is 1. The molecule has 0 aliphatic rings. The fourth-order valence-corrected chi connectivity index (χ4v) is 0. The normalized spacial score (nSPS) is 8.82. The van der Waals surface area contributed by atoms with Crippen molar-refractivity contribution in [2.45, 2.75) is 0 Å². The van der Waals surface area contributed by atoms with Gasteiger partial charge in [0.05, 0.1) is 5.41 Å². The summed E-state index contributed by atoms with van der Waals surface area (Å²) >= 11 is 0. The topological polar surface area (TPSA) is 91.7 Å². The summed E-state index contributed by atoms with van der Waals surface area (Å²) in [5, 5.41) is 8.07. The maximum absolute atomic E-state index is 9.44. The zero-order valence-electron chi connectivity index (χ0n) is 5.60. The van der Waals surface area contributed by atoms with Gasteiger partial charge in [0.1, 0.15) is 0 Å². The first kappa shape index (κ1) is 12.5. The number of carboxylic acid groups (broad SMARTS) is 1. The van der Waals surface area contributed by atoms with Gasteiger partial charge in [0.15, 0.2) is 0 Å². The summed E-state index contributed by atoms with van der Waals surface area (Å²) in [4.78, 5) is 9.25. The molecular weight excluding hydrogens is 172 g/mol. The molecule has 2 N–H and O–H groups in total. The summed E-state index contributed by atoms with van der Waals surface area (Å²) in [6.07, 6.45) is 0.833. The van der Waals surface area contributed by atoms with Gasteiger partial charge in [0.2, 0.25) is 0 Å². The lowest BCUT2D eigenvalue weighted by Gasteiger charge is -1.73. The Kier molecular flexibility index (Phi) is 6.41. The molecule has 0 unspecified atom stereocenters. The molecule has 6 heteroatoms. The summed E-state index contributed by atoms with van der Waals surface area (Å²) in [6.45, 7) is 5.75. The fraction of sp³-hybridized carbons (Fsp3) is 0. The molecule has 5 nitrogen and oxygen atoms in total. The Bertz CT molecular complexity index is 226. The molecule has 0 amide bonds. The molecule has 0 rings (SSSR count). The quantitative estimate of drug-likeness (QED) is 0.470. The monoisotopic (exact) mass is 180 g/mol. The lowest BCUT2D eigenvalue weighted by Crippen LogP contribution is -1.86. The predicted molar refractivity (Wildman–Crippen MR) is 39.6 cm³/mol. The third-order valence-corrected chi connectivity index (χ3v) is 0.806. The van der Waals surface area contributed by atoms with Crippen LogP contribution in [0.15, 0.2) is 24.6 Å². The largest absolute Gasteiger partial charge is 0.478 e. The SMILES string of the molecule is C=CC(=O)O.C=CS(=O)(=O)O. The molecule has 0 aromatic heterocycles. The van der Waals surface area contributed by atoms with E-state index in [9.17, 15) is 13.2 Å². The first-order chi connectivity index (χ1) is 4.83. The van der Waals surface area contributed by atoms with Gasteiger partial charge in [-0.15, -0.1) is 0 Å². The Balaban J connectivity index is 0. The first-order valence-electron chi connectivity index (χ1n) is 2.28. The molecular formula is C5H8O5S. The van der Waals surface area contributed by atoms with Crippen LogP contribution in [0, 0.1) is 0 Å². The van der Waals surface area contributed by atoms with Crippen LogP contribution < -0.4 is 0 Å². The van der Waals surface area contributed by atoms with Crippen LogP contribution in [0.4, 0.5) is 0 Å². The zero-order chi connectivity index (χ0) is 9.49. The van der Waals surface area contributed by atoms with Gasteiger partial charge in [0.25, 0.3) is 10.1 Å². The summed E-state index contributed by atoms with van der Waals surface area (Å²) in [5.41, 5.74) is 0. The van der Waals surface area contributed by atoms with Crippen molar-refractivity contribution in [1.29, 1.82) is 0 Å². The highest BCUT2D eigenvalue weighted by atomic mass is 32.2. The van der Waals surface area contributed by atoms with Crippen LogP contribution in [-0.4, -0.2) is 24.0 Å². The number of hydrogen-bond acceptors (Lipinski definition) is 3. The average Bonchev–Trinajstić information content (AvgIpc) is 1.88.